The molecule has 1 N–H and O–H groups in total. The average Bonchev–Trinajstić information content (AvgIpc) is 3.43. The molecule has 1 fully saturated rings. The van der Waals surface area contributed by atoms with Gasteiger partial charge in [-0.1, -0.05) is 36.4 Å². The molecule has 1 aliphatic heterocycles. The molecule has 0 atom stereocenters. The Balaban J connectivity index is 1.44. The predicted octanol–water partition coefficient (Wildman–Crippen LogP) is 6.16. The molecule has 6 rings (SSSR count). The van der Waals surface area contributed by atoms with Gasteiger partial charge in [-0.3, -0.25) is 14.6 Å². The zero-order valence-corrected chi connectivity index (χ0v) is 23.2. The Bertz CT molecular complexity index is 1770. The van der Waals surface area contributed by atoms with Gasteiger partial charge in [0, 0.05) is 23.6 Å². The Hall–Kier alpha value is -5.57. The number of para-hydroxylation sites is 2. The number of aliphatic imine (C=N–C) groups is 1. The molecule has 9 heteroatoms. The van der Waals surface area contributed by atoms with E-state index in [2.05, 4.69) is 4.98 Å². The molecule has 43 heavy (non-hydrogen) atoms. The van der Waals surface area contributed by atoms with Gasteiger partial charge in [0.1, 0.15) is 11.6 Å². The number of urea groups is 1. The van der Waals surface area contributed by atoms with Gasteiger partial charge in [-0.15, -0.1) is 0 Å². The number of imide groups is 2. The summed E-state index contributed by atoms with van der Waals surface area (Å²) in [6.45, 7) is 0.201. The van der Waals surface area contributed by atoms with Crippen LogP contribution in [0.3, 0.4) is 0 Å². The van der Waals surface area contributed by atoms with Gasteiger partial charge in [0.15, 0.2) is 5.92 Å². The molecule has 0 saturated carbocycles. The van der Waals surface area contributed by atoms with E-state index in [-0.39, 0.29) is 18.1 Å². The highest BCUT2D eigenvalue weighted by molar-refractivity contribution is 6.43. The number of ether oxygens (including phenoxy) is 1. The number of aromatic nitrogens is 1. The predicted molar refractivity (Wildman–Crippen MR) is 163 cm³/mol. The van der Waals surface area contributed by atoms with Gasteiger partial charge in [0.25, 0.3) is 11.8 Å². The van der Waals surface area contributed by atoms with Crippen LogP contribution in [0.2, 0.25) is 0 Å². The van der Waals surface area contributed by atoms with E-state index in [1.54, 1.807) is 104 Å². The zero-order chi connectivity index (χ0) is 29.9. The number of carbonyl (C=O) groups is 3. The lowest BCUT2D eigenvalue weighted by Crippen LogP contribution is -2.62. The molecular formula is C34H27FN4O4. The first-order valence-corrected chi connectivity index (χ1v) is 13.7. The molecule has 0 radical (unpaired) electrons. The van der Waals surface area contributed by atoms with Gasteiger partial charge in [-0.2, -0.15) is 0 Å². The molecule has 214 valence electrons. The van der Waals surface area contributed by atoms with Crippen molar-refractivity contribution >= 4 is 45.8 Å². The highest BCUT2D eigenvalue weighted by Gasteiger charge is 2.49. The number of methoxy groups -OCH3 is 1. The van der Waals surface area contributed by atoms with Crippen LogP contribution in [0, 0.1) is 11.7 Å². The number of halogens is 1. The number of hydrogen-bond donors (Lipinski definition) is 1. The van der Waals surface area contributed by atoms with Crippen molar-refractivity contribution in [2.75, 3.05) is 23.5 Å². The molecule has 8 nitrogen and oxygen atoms in total. The van der Waals surface area contributed by atoms with E-state index in [9.17, 15) is 18.8 Å². The van der Waals surface area contributed by atoms with E-state index >= 15 is 0 Å². The van der Waals surface area contributed by atoms with Crippen molar-refractivity contribution in [1.29, 1.82) is 0 Å². The number of rotatable bonds is 8. The Labute approximate surface area is 247 Å². The minimum absolute atomic E-state index is 0.201. The number of nitrogens with zero attached hydrogens (tertiary/aromatic N) is 3. The SMILES string of the molecule is COc1ccc(C(=NCCc2c[nH]c3ccc(F)cc23)C2C(=O)N(c3ccccc3)C(=O)N(c3ccccc3)C2=O)cc1. The van der Waals surface area contributed by atoms with Crippen molar-refractivity contribution in [2.24, 2.45) is 10.9 Å². The Morgan fingerprint density at radius 2 is 1.44 bits per heavy atom. The van der Waals surface area contributed by atoms with Crippen molar-refractivity contribution in [3.63, 3.8) is 0 Å². The fourth-order valence-corrected chi connectivity index (χ4v) is 5.28. The summed E-state index contributed by atoms with van der Waals surface area (Å²) in [5.74, 6) is -2.56. The monoisotopic (exact) mass is 574 g/mol. The van der Waals surface area contributed by atoms with E-state index in [4.69, 9.17) is 9.73 Å². The normalized spacial score (nSPS) is 14.6. The number of carbonyl (C=O) groups excluding carboxylic acids is 3. The van der Waals surface area contributed by atoms with Crippen LogP contribution in [0.4, 0.5) is 20.6 Å². The third kappa shape index (κ3) is 5.28. The second kappa shape index (κ2) is 11.7. The molecule has 4 amide bonds. The molecule has 0 aliphatic carbocycles. The summed E-state index contributed by atoms with van der Waals surface area (Å²) in [6, 6.07) is 27.7. The van der Waals surface area contributed by atoms with Crippen LogP contribution in [-0.2, 0) is 16.0 Å². The number of nitrogens with one attached hydrogen (secondary N) is 1. The van der Waals surface area contributed by atoms with Crippen LogP contribution < -0.4 is 14.5 Å². The average molecular weight is 575 g/mol. The quantitative estimate of drug-likeness (QED) is 0.177. The van der Waals surface area contributed by atoms with Gasteiger partial charge in [-0.05, 0) is 84.3 Å². The highest BCUT2D eigenvalue weighted by Crippen LogP contribution is 2.31. The zero-order valence-electron chi connectivity index (χ0n) is 23.2. The van der Waals surface area contributed by atoms with Gasteiger partial charge < -0.3 is 9.72 Å². The van der Waals surface area contributed by atoms with Crippen LogP contribution in [-0.4, -0.2) is 42.2 Å². The maximum Gasteiger partial charge on any atom is 0.342 e. The minimum atomic E-state index is -1.41. The molecule has 2 heterocycles. The van der Waals surface area contributed by atoms with Crippen molar-refractivity contribution < 1.29 is 23.5 Å². The van der Waals surface area contributed by atoms with Crippen LogP contribution in [0.15, 0.2) is 114 Å². The lowest BCUT2D eigenvalue weighted by Gasteiger charge is -2.37. The highest BCUT2D eigenvalue weighted by atomic mass is 19.1. The summed E-state index contributed by atoms with van der Waals surface area (Å²) in [4.78, 5) is 52.1. The standard InChI is InChI=1S/C34H27FN4O4/c1-43-27-15-12-22(13-16-27)31(36-19-18-23-21-37-29-17-14-24(35)20-28(23)29)30-32(40)38(25-8-4-2-5-9-25)34(42)39(33(30)41)26-10-6-3-7-11-26/h2-17,20-21,30,37H,18-19H2,1H3. The van der Waals surface area contributed by atoms with Gasteiger partial charge in [-0.25, -0.2) is 19.0 Å². The minimum Gasteiger partial charge on any atom is -0.497 e. The number of barbiturate groups is 1. The summed E-state index contributed by atoms with van der Waals surface area (Å²) in [5.41, 5.74) is 3.08. The molecule has 0 spiro atoms. The van der Waals surface area contributed by atoms with E-state index in [0.29, 0.717) is 29.1 Å². The summed E-state index contributed by atoms with van der Waals surface area (Å²) < 4.78 is 19.3. The summed E-state index contributed by atoms with van der Waals surface area (Å²) in [5, 5.41) is 0.738. The third-order valence-corrected chi connectivity index (χ3v) is 7.40. The topological polar surface area (TPSA) is 95.1 Å². The molecule has 1 aliphatic rings. The maximum absolute atomic E-state index is 14.2. The number of aromatic amines is 1. The third-order valence-electron chi connectivity index (χ3n) is 7.40. The van der Waals surface area contributed by atoms with E-state index in [1.165, 1.54) is 12.1 Å². The fraction of sp³-hybridized carbons (Fsp3) is 0.118. The van der Waals surface area contributed by atoms with Crippen LogP contribution in [0.1, 0.15) is 11.1 Å². The molecular weight excluding hydrogens is 547 g/mol. The van der Waals surface area contributed by atoms with Crippen LogP contribution in [0.25, 0.3) is 10.9 Å². The van der Waals surface area contributed by atoms with Crippen molar-refractivity contribution in [3.05, 3.63) is 126 Å². The number of hydrogen-bond acceptors (Lipinski definition) is 5. The number of benzene rings is 4. The lowest BCUT2D eigenvalue weighted by molar-refractivity contribution is -0.129. The Morgan fingerprint density at radius 1 is 0.837 bits per heavy atom. The second-order valence-corrected chi connectivity index (χ2v) is 9.98. The van der Waals surface area contributed by atoms with E-state index < -0.39 is 23.8 Å². The number of amides is 4. The maximum atomic E-state index is 14.2. The summed E-state index contributed by atoms with van der Waals surface area (Å²) in [7, 11) is 1.54. The van der Waals surface area contributed by atoms with Crippen molar-refractivity contribution in [3.8, 4) is 5.75 Å². The first-order chi connectivity index (χ1) is 21.0. The molecule has 1 saturated heterocycles. The number of fused-ring (bicyclic) bond motifs is 1. The van der Waals surface area contributed by atoms with E-state index in [0.717, 1.165) is 26.3 Å². The van der Waals surface area contributed by atoms with Crippen molar-refractivity contribution in [2.45, 2.75) is 6.42 Å². The number of anilines is 2. The first kappa shape index (κ1) is 27.6. The molecule has 0 unspecified atom stereocenters. The van der Waals surface area contributed by atoms with Gasteiger partial charge in [0.05, 0.1) is 24.2 Å². The summed E-state index contributed by atoms with van der Waals surface area (Å²) >= 11 is 0. The van der Waals surface area contributed by atoms with Crippen LogP contribution in [0.5, 0.6) is 5.75 Å². The smallest absolute Gasteiger partial charge is 0.342 e. The molecule has 4 aromatic carbocycles. The fourth-order valence-electron chi connectivity index (χ4n) is 5.28. The molecule has 1 aromatic heterocycles. The Kier molecular flexibility index (Phi) is 7.53. The second-order valence-electron chi connectivity index (χ2n) is 9.98. The van der Waals surface area contributed by atoms with Crippen molar-refractivity contribution in [1.82, 2.24) is 4.98 Å². The van der Waals surface area contributed by atoms with E-state index in [1.807, 2.05) is 0 Å². The molecule has 5 aromatic rings. The lowest BCUT2D eigenvalue weighted by atomic mass is 9.91. The van der Waals surface area contributed by atoms with Crippen LogP contribution >= 0.6 is 0 Å². The summed E-state index contributed by atoms with van der Waals surface area (Å²) in [6.07, 6.45) is 2.22. The van der Waals surface area contributed by atoms with Gasteiger partial charge in [0.2, 0.25) is 0 Å². The Morgan fingerprint density at radius 3 is 2.02 bits per heavy atom. The first-order valence-electron chi connectivity index (χ1n) is 13.7. The number of H-pyrrole nitrogens is 1. The van der Waals surface area contributed by atoms with Gasteiger partial charge >= 0.3 is 6.03 Å². The molecule has 0 bridgehead atoms. The largest absolute Gasteiger partial charge is 0.497 e.